The van der Waals surface area contributed by atoms with Gasteiger partial charge in [-0.15, -0.1) is 0 Å². The van der Waals surface area contributed by atoms with E-state index in [1.54, 1.807) is 0 Å². The first-order valence-electron chi connectivity index (χ1n) is 9.32. The zero-order valence-corrected chi connectivity index (χ0v) is 17.0. The van der Waals surface area contributed by atoms with Gasteiger partial charge in [-0.25, -0.2) is 0 Å². The van der Waals surface area contributed by atoms with Gasteiger partial charge < -0.3 is 20.5 Å². The number of nitrogens with two attached hydrogens (primary N) is 2. The van der Waals surface area contributed by atoms with Crippen LogP contribution in [-0.4, -0.2) is 41.5 Å². The molecule has 0 spiro atoms. The maximum Gasteiger partial charge on any atom is 0.126 e. The van der Waals surface area contributed by atoms with E-state index in [-0.39, 0.29) is 17.2 Å². The van der Waals surface area contributed by atoms with Gasteiger partial charge in [0.2, 0.25) is 0 Å². The molecular weight excluding hydrogens is 336 g/mol. The summed E-state index contributed by atoms with van der Waals surface area (Å²) in [5, 5.41) is 15.8. The van der Waals surface area contributed by atoms with E-state index in [0.29, 0.717) is 19.2 Å². The van der Waals surface area contributed by atoms with E-state index < -0.39 is 6.10 Å². The Kier molecular flexibility index (Phi) is 6.91. The van der Waals surface area contributed by atoms with Gasteiger partial charge in [0.25, 0.3) is 0 Å². The van der Waals surface area contributed by atoms with Gasteiger partial charge in [0.05, 0.1) is 42.7 Å². The van der Waals surface area contributed by atoms with Crippen LogP contribution in [0.3, 0.4) is 0 Å². The highest BCUT2D eigenvalue weighted by Gasteiger charge is 2.43. The number of benzene rings is 1. The minimum Gasteiger partial charge on any atom is -0.385 e. The Morgan fingerprint density at radius 2 is 1.76 bits per heavy atom. The van der Waals surface area contributed by atoms with Crippen LogP contribution < -0.4 is 10.6 Å². The highest BCUT2D eigenvalue weighted by Crippen LogP contribution is 2.20. The number of hydrogen-bond donors (Lipinski definition) is 3. The second-order valence-corrected chi connectivity index (χ2v) is 9.38. The van der Waals surface area contributed by atoms with Gasteiger partial charge in [0.1, 0.15) is 12.6 Å². The standard InChI is InChI=1S/C20H33ClN2O2/c1-14(15-6-8-16(21)9-7-15)25-13-18(24)12-22-17-10-19(2,3)23-20(4,5)11-17/h6-9,14,17-18,22-24H,10-13H2,1-5H3/p+2/t14-,18-/m1/s1. The molecule has 1 heterocycles. The van der Waals surface area contributed by atoms with Gasteiger partial charge in [-0.3, -0.25) is 0 Å². The molecule has 5 heteroatoms. The second-order valence-electron chi connectivity index (χ2n) is 8.94. The number of aliphatic hydroxyl groups is 1. The molecule has 1 aromatic rings. The van der Waals surface area contributed by atoms with Crippen molar-refractivity contribution in [2.75, 3.05) is 13.2 Å². The molecule has 1 saturated heterocycles. The first-order chi connectivity index (χ1) is 11.6. The Balaban J connectivity index is 1.75. The molecule has 0 amide bonds. The molecule has 1 aliphatic heterocycles. The number of hydrogen-bond acceptors (Lipinski definition) is 2. The lowest BCUT2D eigenvalue weighted by atomic mass is 9.79. The predicted octanol–water partition coefficient (Wildman–Crippen LogP) is 1.62. The van der Waals surface area contributed by atoms with Crippen LogP contribution in [-0.2, 0) is 4.74 Å². The molecule has 0 saturated carbocycles. The SMILES string of the molecule is C[C@@H](OC[C@H](O)C[NH2+]C1CC(C)(C)[NH2+]C(C)(C)C1)c1ccc(Cl)cc1. The minimum absolute atomic E-state index is 0.0472. The van der Waals surface area contributed by atoms with Gasteiger partial charge >= 0.3 is 0 Å². The fraction of sp³-hybridized carbons (Fsp3) is 0.700. The smallest absolute Gasteiger partial charge is 0.126 e. The Morgan fingerprint density at radius 1 is 1.20 bits per heavy atom. The van der Waals surface area contributed by atoms with Crippen molar-refractivity contribution in [2.45, 2.75) is 76.8 Å². The van der Waals surface area contributed by atoms with Crippen LogP contribution in [0.4, 0.5) is 0 Å². The number of quaternary nitrogens is 2. The molecule has 0 aliphatic carbocycles. The van der Waals surface area contributed by atoms with Gasteiger partial charge in [-0.05, 0) is 52.3 Å². The Morgan fingerprint density at radius 3 is 2.32 bits per heavy atom. The highest BCUT2D eigenvalue weighted by atomic mass is 35.5. The van der Waals surface area contributed by atoms with Crippen LogP contribution in [0.5, 0.6) is 0 Å². The Labute approximate surface area is 157 Å². The molecule has 1 aromatic carbocycles. The first-order valence-corrected chi connectivity index (χ1v) is 9.70. The Hall–Kier alpha value is -0.650. The number of rotatable bonds is 7. The van der Waals surface area contributed by atoms with Crippen LogP contribution in [0.2, 0.25) is 5.02 Å². The summed E-state index contributed by atoms with van der Waals surface area (Å²) >= 11 is 5.91. The molecule has 2 rings (SSSR count). The van der Waals surface area contributed by atoms with Crippen LogP contribution in [0, 0.1) is 0 Å². The molecule has 5 N–H and O–H groups in total. The van der Waals surface area contributed by atoms with Crippen molar-refractivity contribution in [1.29, 1.82) is 0 Å². The summed E-state index contributed by atoms with van der Waals surface area (Å²) in [5.74, 6) is 0. The lowest BCUT2D eigenvalue weighted by molar-refractivity contribution is -0.814. The summed E-state index contributed by atoms with van der Waals surface area (Å²) in [7, 11) is 0. The van der Waals surface area contributed by atoms with Crippen molar-refractivity contribution in [1.82, 2.24) is 0 Å². The van der Waals surface area contributed by atoms with Crippen LogP contribution >= 0.6 is 11.6 Å². The molecule has 4 nitrogen and oxygen atoms in total. The summed E-state index contributed by atoms with van der Waals surface area (Å²) < 4.78 is 5.83. The van der Waals surface area contributed by atoms with E-state index in [1.165, 1.54) is 0 Å². The zero-order chi connectivity index (χ0) is 18.7. The molecule has 25 heavy (non-hydrogen) atoms. The van der Waals surface area contributed by atoms with Crippen molar-refractivity contribution in [3.63, 3.8) is 0 Å². The maximum atomic E-state index is 10.3. The van der Waals surface area contributed by atoms with Crippen molar-refractivity contribution in [2.24, 2.45) is 0 Å². The van der Waals surface area contributed by atoms with E-state index in [1.807, 2.05) is 31.2 Å². The third-order valence-electron chi connectivity index (χ3n) is 4.98. The van der Waals surface area contributed by atoms with E-state index >= 15 is 0 Å². The van der Waals surface area contributed by atoms with Gasteiger partial charge in [0, 0.05) is 5.02 Å². The third kappa shape index (κ3) is 6.87. The number of ether oxygens (including phenoxy) is 1. The molecule has 1 fully saturated rings. The van der Waals surface area contributed by atoms with Crippen molar-refractivity contribution in [3.05, 3.63) is 34.9 Å². The summed E-state index contributed by atoms with van der Waals surface area (Å²) in [5.41, 5.74) is 1.59. The van der Waals surface area contributed by atoms with E-state index in [4.69, 9.17) is 16.3 Å². The fourth-order valence-electron chi connectivity index (χ4n) is 4.27. The monoisotopic (exact) mass is 370 g/mol. The number of aliphatic hydroxyl groups excluding tert-OH is 1. The predicted molar refractivity (Wildman–Crippen MR) is 102 cm³/mol. The van der Waals surface area contributed by atoms with Gasteiger partial charge in [-0.2, -0.15) is 0 Å². The third-order valence-corrected chi connectivity index (χ3v) is 5.23. The van der Waals surface area contributed by atoms with Gasteiger partial charge in [-0.1, -0.05) is 23.7 Å². The largest absolute Gasteiger partial charge is 0.385 e. The maximum absolute atomic E-state index is 10.3. The van der Waals surface area contributed by atoms with Gasteiger partial charge in [0.15, 0.2) is 0 Å². The number of halogens is 1. The van der Waals surface area contributed by atoms with Crippen LogP contribution in [0.1, 0.15) is 59.1 Å². The minimum atomic E-state index is -0.452. The highest BCUT2D eigenvalue weighted by molar-refractivity contribution is 6.30. The average Bonchev–Trinajstić information content (AvgIpc) is 2.48. The molecule has 1 aliphatic rings. The summed E-state index contributed by atoms with van der Waals surface area (Å²) in [4.78, 5) is 0. The molecule has 2 atom stereocenters. The Bertz CT molecular complexity index is 529. The average molecular weight is 371 g/mol. The van der Waals surface area contributed by atoms with Crippen molar-refractivity contribution in [3.8, 4) is 0 Å². The lowest BCUT2D eigenvalue weighted by Crippen LogP contribution is -3.09. The zero-order valence-electron chi connectivity index (χ0n) is 16.3. The lowest BCUT2D eigenvalue weighted by Gasteiger charge is -2.41. The first kappa shape index (κ1) is 20.7. The van der Waals surface area contributed by atoms with E-state index in [0.717, 1.165) is 23.4 Å². The summed E-state index contributed by atoms with van der Waals surface area (Å²) in [6.07, 6.45) is 1.82. The van der Waals surface area contributed by atoms with Crippen LogP contribution in [0.15, 0.2) is 24.3 Å². The van der Waals surface area contributed by atoms with Crippen molar-refractivity contribution < 1.29 is 20.5 Å². The molecule has 142 valence electrons. The quantitative estimate of drug-likeness (QED) is 0.683. The summed E-state index contributed by atoms with van der Waals surface area (Å²) in [6, 6.07) is 8.22. The van der Waals surface area contributed by atoms with Crippen LogP contribution in [0.25, 0.3) is 0 Å². The molecule has 0 unspecified atom stereocenters. The number of piperidine rings is 1. The molecular formula is C20H35ClN2O2+2. The summed E-state index contributed by atoms with van der Waals surface area (Å²) in [6.45, 7) is 12.3. The molecule has 0 bridgehead atoms. The van der Waals surface area contributed by atoms with E-state index in [9.17, 15) is 5.11 Å². The molecule has 0 radical (unpaired) electrons. The normalized spacial score (nSPS) is 22.5. The van der Waals surface area contributed by atoms with Crippen molar-refractivity contribution >= 4 is 11.6 Å². The molecule has 0 aromatic heterocycles. The topological polar surface area (TPSA) is 62.7 Å². The fourth-order valence-corrected chi connectivity index (χ4v) is 4.39. The van der Waals surface area contributed by atoms with E-state index in [2.05, 4.69) is 38.3 Å². The second kappa shape index (κ2) is 8.36.